The van der Waals surface area contributed by atoms with Crippen molar-refractivity contribution >= 4 is 23.4 Å². The second-order valence-corrected chi connectivity index (χ2v) is 8.13. The highest BCUT2D eigenvalue weighted by Gasteiger charge is 2.53. The lowest BCUT2D eigenvalue weighted by molar-refractivity contribution is -0.141. The molecule has 0 radical (unpaired) electrons. The monoisotopic (exact) mass is 360 g/mol. The zero-order chi connectivity index (χ0) is 17.4. The minimum Gasteiger partial charge on any atom is -0.342 e. The Hall–Kier alpha value is -1.55. The quantitative estimate of drug-likeness (QED) is 0.830. The first-order valence-corrected chi connectivity index (χ1v) is 9.82. The molecule has 2 heterocycles. The van der Waals surface area contributed by atoms with Crippen molar-refractivity contribution in [2.45, 2.75) is 43.9 Å². The van der Waals surface area contributed by atoms with Crippen molar-refractivity contribution < 1.29 is 9.59 Å². The Morgan fingerprint density at radius 1 is 1.00 bits per heavy atom. The van der Waals surface area contributed by atoms with Gasteiger partial charge in [-0.2, -0.15) is 0 Å². The van der Waals surface area contributed by atoms with Crippen LogP contribution in [0, 0.1) is 5.92 Å². The molecule has 0 bridgehead atoms. The molecule has 2 saturated heterocycles. The third-order valence-electron chi connectivity index (χ3n) is 6.09. The van der Waals surface area contributed by atoms with Crippen molar-refractivity contribution in [2.24, 2.45) is 5.92 Å². The van der Waals surface area contributed by atoms with Crippen molar-refractivity contribution in [2.75, 3.05) is 26.2 Å². The second kappa shape index (κ2) is 6.64. The van der Waals surface area contributed by atoms with E-state index in [1.165, 1.54) is 0 Å². The van der Waals surface area contributed by atoms with Crippen LogP contribution in [0.1, 0.15) is 44.1 Å². The molecule has 5 heteroatoms. The van der Waals surface area contributed by atoms with E-state index in [2.05, 4.69) is 0 Å². The number of piperidine rings is 1. The normalized spacial score (nSPS) is 22.9. The van der Waals surface area contributed by atoms with E-state index >= 15 is 0 Å². The number of hydrogen-bond acceptors (Lipinski definition) is 2. The third-order valence-corrected chi connectivity index (χ3v) is 6.32. The van der Waals surface area contributed by atoms with Crippen LogP contribution < -0.4 is 0 Å². The Labute approximate surface area is 154 Å². The molecule has 3 aliphatic rings. The lowest BCUT2D eigenvalue weighted by Crippen LogP contribution is -2.47. The molecule has 1 aromatic rings. The van der Waals surface area contributed by atoms with Crippen LogP contribution in [-0.4, -0.2) is 47.8 Å². The van der Waals surface area contributed by atoms with E-state index in [1.807, 2.05) is 34.1 Å². The molecule has 1 saturated carbocycles. The molecule has 1 aliphatic carbocycles. The molecule has 0 unspecified atom stereocenters. The van der Waals surface area contributed by atoms with Gasteiger partial charge in [-0.25, -0.2) is 0 Å². The van der Waals surface area contributed by atoms with Gasteiger partial charge in [-0.1, -0.05) is 23.7 Å². The van der Waals surface area contributed by atoms with Gasteiger partial charge in [0.25, 0.3) is 0 Å². The topological polar surface area (TPSA) is 40.6 Å². The van der Waals surface area contributed by atoms with Gasteiger partial charge in [0.2, 0.25) is 11.8 Å². The van der Waals surface area contributed by atoms with Crippen molar-refractivity contribution in [3.63, 3.8) is 0 Å². The predicted molar refractivity (Wildman–Crippen MR) is 97.5 cm³/mol. The van der Waals surface area contributed by atoms with E-state index in [4.69, 9.17) is 11.6 Å². The summed E-state index contributed by atoms with van der Waals surface area (Å²) in [7, 11) is 0. The molecule has 134 valence electrons. The summed E-state index contributed by atoms with van der Waals surface area (Å²) >= 11 is 6.12. The molecule has 0 atom stereocenters. The molecule has 3 fully saturated rings. The number of carbonyl (C=O) groups is 2. The van der Waals surface area contributed by atoms with Crippen LogP contribution in [-0.2, 0) is 15.0 Å². The van der Waals surface area contributed by atoms with Crippen molar-refractivity contribution in [1.82, 2.24) is 9.80 Å². The zero-order valence-corrected chi connectivity index (χ0v) is 15.3. The number of likely N-dealkylation sites (tertiary alicyclic amines) is 2. The highest BCUT2D eigenvalue weighted by Crippen LogP contribution is 2.50. The fourth-order valence-corrected chi connectivity index (χ4v) is 4.56. The Bertz CT molecular complexity index is 672. The molecular weight excluding hydrogens is 336 g/mol. The molecule has 4 nitrogen and oxygen atoms in total. The van der Waals surface area contributed by atoms with Crippen LogP contribution >= 0.6 is 11.6 Å². The van der Waals surface area contributed by atoms with Crippen LogP contribution in [0.3, 0.4) is 0 Å². The van der Waals surface area contributed by atoms with Gasteiger partial charge in [-0.15, -0.1) is 0 Å². The molecular formula is C20H25ClN2O2. The van der Waals surface area contributed by atoms with Crippen molar-refractivity contribution in [1.29, 1.82) is 0 Å². The summed E-state index contributed by atoms with van der Waals surface area (Å²) in [4.78, 5) is 29.7. The van der Waals surface area contributed by atoms with Gasteiger partial charge in [0.15, 0.2) is 0 Å². The van der Waals surface area contributed by atoms with E-state index in [-0.39, 0.29) is 17.2 Å². The Morgan fingerprint density at radius 3 is 2.28 bits per heavy atom. The molecule has 0 N–H and O–H groups in total. The maximum atomic E-state index is 13.1. The number of nitrogens with zero attached hydrogens (tertiary/aromatic N) is 2. The first-order chi connectivity index (χ1) is 12.1. The lowest BCUT2D eigenvalue weighted by atomic mass is 9.91. The summed E-state index contributed by atoms with van der Waals surface area (Å²) in [6, 6.07) is 7.71. The van der Waals surface area contributed by atoms with Crippen LogP contribution in [0.4, 0.5) is 0 Å². The Kier molecular flexibility index (Phi) is 4.48. The highest BCUT2D eigenvalue weighted by molar-refractivity contribution is 6.30. The van der Waals surface area contributed by atoms with Gasteiger partial charge in [-0.05, 0) is 56.2 Å². The van der Waals surface area contributed by atoms with Crippen LogP contribution in [0.25, 0.3) is 0 Å². The first-order valence-electron chi connectivity index (χ1n) is 9.44. The summed E-state index contributed by atoms with van der Waals surface area (Å²) in [5, 5.41) is 0.687. The molecule has 25 heavy (non-hydrogen) atoms. The van der Waals surface area contributed by atoms with Gasteiger partial charge < -0.3 is 9.80 Å². The average molecular weight is 361 g/mol. The SMILES string of the molecule is O=C(C1CCN(C(=O)C2(c3cccc(Cl)c3)CC2)CC1)N1CCCC1. The lowest BCUT2D eigenvalue weighted by Gasteiger charge is -2.35. The maximum absolute atomic E-state index is 13.1. The van der Waals surface area contributed by atoms with E-state index in [1.54, 1.807) is 0 Å². The number of rotatable bonds is 3. The van der Waals surface area contributed by atoms with E-state index in [0.717, 1.165) is 57.2 Å². The second-order valence-electron chi connectivity index (χ2n) is 7.69. The Morgan fingerprint density at radius 2 is 1.68 bits per heavy atom. The minimum atomic E-state index is -0.364. The standard InChI is InChI=1S/C20H25ClN2O2/c21-17-5-3-4-16(14-17)20(8-9-20)19(25)23-12-6-15(7-13-23)18(24)22-10-1-2-11-22/h3-5,14-15H,1-2,6-13H2. The molecule has 2 aliphatic heterocycles. The largest absolute Gasteiger partial charge is 0.342 e. The predicted octanol–water partition coefficient (Wildman–Crippen LogP) is 3.23. The van der Waals surface area contributed by atoms with Gasteiger partial charge in [0.1, 0.15) is 0 Å². The zero-order valence-electron chi connectivity index (χ0n) is 14.5. The fraction of sp³-hybridized carbons (Fsp3) is 0.600. The number of amides is 2. The van der Waals surface area contributed by atoms with E-state index < -0.39 is 0 Å². The van der Waals surface area contributed by atoms with Crippen molar-refractivity contribution in [3.8, 4) is 0 Å². The summed E-state index contributed by atoms with van der Waals surface area (Å²) in [5.74, 6) is 0.630. The molecule has 1 aromatic carbocycles. The molecule has 0 spiro atoms. The van der Waals surface area contributed by atoms with Crippen molar-refractivity contribution in [3.05, 3.63) is 34.9 Å². The number of hydrogen-bond donors (Lipinski definition) is 0. The van der Waals surface area contributed by atoms with Gasteiger partial charge in [0, 0.05) is 37.1 Å². The van der Waals surface area contributed by atoms with E-state index in [9.17, 15) is 9.59 Å². The van der Waals surface area contributed by atoms with Gasteiger partial charge in [0.05, 0.1) is 5.41 Å². The summed E-state index contributed by atoms with van der Waals surface area (Å²) < 4.78 is 0. The summed E-state index contributed by atoms with van der Waals surface area (Å²) in [6.07, 6.45) is 5.66. The first kappa shape index (κ1) is 16.9. The van der Waals surface area contributed by atoms with Crippen LogP contribution in [0.5, 0.6) is 0 Å². The molecule has 4 rings (SSSR count). The third kappa shape index (κ3) is 3.17. The van der Waals surface area contributed by atoms with Crippen LogP contribution in [0.15, 0.2) is 24.3 Å². The smallest absolute Gasteiger partial charge is 0.233 e. The van der Waals surface area contributed by atoms with E-state index in [0.29, 0.717) is 24.0 Å². The number of benzene rings is 1. The minimum absolute atomic E-state index is 0.100. The van der Waals surface area contributed by atoms with Gasteiger partial charge in [-0.3, -0.25) is 9.59 Å². The molecule has 0 aromatic heterocycles. The summed E-state index contributed by atoms with van der Waals surface area (Å²) in [6.45, 7) is 3.22. The fourth-order valence-electron chi connectivity index (χ4n) is 4.37. The maximum Gasteiger partial charge on any atom is 0.233 e. The Balaban J connectivity index is 1.39. The van der Waals surface area contributed by atoms with Crippen LogP contribution in [0.2, 0.25) is 5.02 Å². The number of carbonyl (C=O) groups excluding carboxylic acids is 2. The highest BCUT2D eigenvalue weighted by atomic mass is 35.5. The summed E-state index contributed by atoms with van der Waals surface area (Å²) in [5.41, 5.74) is 0.678. The average Bonchev–Trinajstić information content (AvgIpc) is 3.27. The molecule has 2 amide bonds. The van der Waals surface area contributed by atoms with Gasteiger partial charge >= 0.3 is 0 Å². The number of halogens is 1.